The van der Waals surface area contributed by atoms with E-state index in [4.69, 9.17) is 0 Å². The summed E-state index contributed by atoms with van der Waals surface area (Å²) < 4.78 is 1.02. The molecule has 0 fully saturated rings. The molecule has 1 nitrogen and oxygen atoms in total. The maximum Gasteiger partial charge on any atom is 0.104 e. The lowest BCUT2D eigenvalue weighted by Gasteiger charge is -2.15. The highest BCUT2D eigenvalue weighted by Crippen LogP contribution is 2.26. The maximum absolute atomic E-state index is 10.4. The molecule has 0 bridgehead atoms. The van der Waals surface area contributed by atoms with Gasteiger partial charge < -0.3 is 5.11 Å². The van der Waals surface area contributed by atoms with E-state index in [2.05, 4.69) is 22.0 Å². The maximum atomic E-state index is 10.4. The smallest absolute Gasteiger partial charge is 0.104 e. The number of halogens is 1. The van der Waals surface area contributed by atoms with Gasteiger partial charge in [-0.1, -0.05) is 51.8 Å². The van der Waals surface area contributed by atoms with Crippen molar-refractivity contribution < 1.29 is 5.11 Å². The highest BCUT2D eigenvalue weighted by Gasteiger charge is 2.12. The summed E-state index contributed by atoms with van der Waals surface area (Å²) >= 11 is 3.40. The van der Waals surface area contributed by atoms with Crippen LogP contribution in [0.15, 0.2) is 46.9 Å². The average Bonchev–Trinajstić information content (AvgIpc) is 2.32. The minimum Gasteiger partial charge on any atom is -0.384 e. The van der Waals surface area contributed by atoms with E-state index >= 15 is 0 Å². The topological polar surface area (TPSA) is 20.2 Å². The molecule has 2 aromatic rings. The quantitative estimate of drug-likeness (QED) is 0.881. The zero-order valence-electron chi connectivity index (χ0n) is 9.94. The van der Waals surface area contributed by atoms with Crippen LogP contribution in [-0.2, 0) is 0 Å². The van der Waals surface area contributed by atoms with Crippen molar-refractivity contribution in [1.82, 2.24) is 0 Å². The van der Waals surface area contributed by atoms with Crippen LogP contribution in [0.2, 0.25) is 0 Å². The minimum atomic E-state index is -0.553. The van der Waals surface area contributed by atoms with Gasteiger partial charge in [-0.15, -0.1) is 0 Å². The Balaban J connectivity index is 2.39. The van der Waals surface area contributed by atoms with Crippen molar-refractivity contribution in [3.05, 3.63) is 69.2 Å². The molecular weight excluding hydrogens is 276 g/mol. The van der Waals surface area contributed by atoms with Crippen molar-refractivity contribution >= 4 is 15.9 Å². The van der Waals surface area contributed by atoms with Gasteiger partial charge in [0.15, 0.2) is 0 Å². The lowest BCUT2D eigenvalue weighted by atomic mass is 9.96. The van der Waals surface area contributed by atoms with Crippen molar-refractivity contribution in [1.29, 1.82) is 0 Å². The summed E-state index contributed by atoms with van der Waals surface area (Å²) in [6, 6.07) is 13.9. The van der Waals surface area contributed by atoms with Crippen LogP contribution >= 0.6 is 15.9 Å². The predicted octanol–water partition coefficient (Wildman–Crippen LogP) is 4.15. The van der Waals surface area contributed by atoms with Gasteiger partial charge in [-0.05, 0) is 42.7 Å². The van der Waals surface area contributed by atoms with Gasteiger partial charge in [0.2, 0.25) is 0 Å². The first kappa shape index (κ1) is 12.3. The lowest BCUT2D eigenvalue weighted by molar-refractivity contribution is 0.219. The molecule has 2 heteroatoms. The van der Waals surface area contributed by atoms with E-state index in [9.17, 15) is 5.11 Å². The molecule has 2 aromatic carbocycles. The molecule has 0 spiro atoms. The summed E-state index contributed by atoms with van der Waals surface area (Å²) in [4.78, 5) is 0. The van der Waals surface area contributed by atoms with Crippen molar-refractivity contribution in [2.75, 3.05) is 0 Å². The Hall–Kier alpha value is -1.12. The van der Waals surface area contributed by atoms with Crippen LogP contribution in [0, 0.1) is 13.8 Å². The second-order valence-corrected chi connectivity index (χ2v) is 5.23. The summed E-state index contributed by atoms with van der Waals surface area (Å²) in [5, 5.41) is 10.4. The van der Waals surface area contributed by atoms with Crippen LogP contribution in [-0.4, -0.2) is 5.11 Å². The zero-order valence-corrected chi connectivity index (χ0v) is 11.5. The molecule has 0 radical (unpaired) electrons. The van der Waals surface area contributed by atoms with Crippen molar-refractivity contribution in [3.63, 3.8) is 0 Å². The first-order valence-corrected chi connectivity index (χ1v) is 6.38. The van der Waals surface area contributed by atoms with E-state index in [1.165, 1.54) is 5.56 Å². The Morgan fingerprint density at radius 1 is 1.00 bits per heavy atom. The molecule has 88 valence electrons. The Morgan fingerprint density at radius 3 is 2.29 bits per heavy atom. The van der Waals surface area contributed by atoms with E-state index in [0.717, 1.165) is 21.2 Å². The molecule has 1 N–H and O–H groups in total. The SMILES string of the molecule is Cc1ccc(C)c([C@H](O)c2ccc(Br)cc2)c1. The summed E-state index contributed by atoms with van der Waals surface area (Å²) in [5.41, 5.74) is 4.18. The average molecular weight is 291 g/mol. The predicted molar refractivity (Wildman–Crippen MR) is 74.1 cm³/mol. The fourth-order valence-corrected chi connectivity index (χ4v) is 2.14. The Labute approximate surface area is 110 Å². The van der Waals surface area contributed by atoms with Crippen LogP contribution in [0.25, 0.3) is 0 Å². The van der Waals surface area contributed by atoms with Gasteiger partial charge in [-0.25, -0.2) is 0 Å². The highest BCUT2D eigenvalue weighted by molar-refractivity contribution is 9.10. The van der Waals surface area contributed by atoms with Crippen LogP contribution in [0.3, 0.4) is 0 Å². The van der Waals surface area contributed by atoms with Crippen LogP contribution in [0.5, 0.6) is 0 Å². The van der Waals surface area contributed by atoms with Gasteiger partial charge >= 0.3 is 0 Å². The Kier molecular flexibility index (Phi) is 3.65. The second kappa shape index (κ2) is 5.03. The van der Waals surface area contributed by atoms with E-state index in [-0.39, 0.29) is 0 Å². The first-order valence-electron chi connectivity index (χ1n) is 5.58. The highest BCUT2D eigenvalue weighted by atomic mass is 79.9. The number of rotatable bonds is 2. The molecule has 2 rings (SSSR count). The number of aliphatic hydroxyl groups is 1. The molecule has 0 aliphatic heterocycles. The second-order valence-electron chi connectivity index (χ2n) is 4.31. The van der Waals surface area contributed by atoms with E-state index in [0.29, 0.717) is 0 Å². The first-order chi connectivity index (χ1) is 8.08. The third-order valence-corrected chi connectivity index (χ3v) is 3.44. The van der Waals surface area contributed by atoms with Crippen LogP contribution < -0.4 is 0 Å². The molecule has 0 amide bonds. The standard InChI is InChI=1S/C15H15BrO/c1-10-3-4-11(2)14(9-10)15(17)12-5-7-13(16)8-6-12/h3-9,15,17H,1-2H3/t15-/m1/s1. The number of aliphatic hydroxyl groups excluding tert-OH is 1. The van der Waals surface area contributed by atoms with Crippen LogP contribution in [0.4, 0.5) is 0 Å². The molecule has 1 atom stereocenters. The zero-order chi connectivity index (χ0) is 12.4. The molecule has 0 aromatic heterocycles. The largest absolute Gasteiger partial charge is 0.384 e. The Bertz CT molecular complexity index is 517. The number of hydrogen-bond donors (Lipinski definition) is 1. The van der Waals surface area contributed by atoms with E-state index in [1.54, 1.807) is 0 Å². The fraction of sp³-hybridized carbons (Fsp3) is 0.200. The summed E-state index contributed by atoms with van der Waals surface area (Å²) in [7, 11) is 0. The third kappa shape index (κ3) is 2.76. The van der Waals surface area contributed by atoms with E-state index in [1.807, 2.05) is 50.2 Å². The number of aryl methyl sites for hydroxylation is 2. The summed E-state index contributed by atoms with van der Waals surface area (Å²) in [5.74, 6) is 0. The van der Waals surface area contributed by atoms with Gasteiger partial charge in [-0.3, -0.25) is 0 Å². The fourth-order valence-electron chi connectivity index (χ4n) is 1.88. The van der Waals surface area contributed by atoms with Crippen molar-refractivity contribution in [2.24, 2.45) is 0 Å². The molecular formula is C15H15BrO. The van der Waals surface area contributed by atoms with Crippen molar-refractivity contribution in [3.8, 4) is 0 Å². The van der Waals surface area contributed by atoms with Gasteiger partial charge in [-0.2, -0.15) is 0 Å². The van der Waals surface area contributed by atoms with Gasteiger partial charge in [0.25, 0.3) is 0 Å². The van der Waals surface area contributed by atoms with Crippen LogP contribution in [0.1, 0.15) is 28.4 Å². The molecule has 17 heavy (non-hydrogen) atoms. The lowest BCUT2D eigenvalue weighted by Crippen LogP contribution is -2.02. The molecule has 0 heterocycles. The normalized spacial score (nSPS) is 12.5. The monoisotopic (exact) mass is 290 g/mol. The molecule has 0 aliphatic carbocycles. The Morgan fingerprint density at radius 2 is 1.65 bits per heavy atom. The molecule has 0 aliphatic rings. The molecule has 0 unspecified atom stereocenters. The molecule has 0 saturated heterocycles. The van der Waals surface area contributed by atoms with Crippen molar-refractivity contribution in [2.45, 2.75) is 20.0 Å². The molecule has 0 saturated carbocycles. The van der Waals surface area contributed by atoms with E-state index < -0.39 is 6.10 Å². The third-order valence-electron chi connectivity index (χ3n) is 2.92. The summed E-state index contributed by atoms with van der Waals surface area (Å²) in [6.45, 7) is 4.06. The van der Waals surface area contributed by atoms with Gasteiger partial charge in [0.1, 0.15) is 6.10 Å². The number of benzene rings is 2. The summed E-state index contributed by atoms with van der Waals surface area (Å²) in [6.07, 6.45) is -0.553. The number of hydrogen-bond acceptors (Lipinski definition) is 1. The minimum absolute atomic E-state index is 0.553. The van der Waals surface area contributed by atoms with Gasteiger partial charge in [0, 0.05) is 4.47 Å². The van der Waals surface area contributed by atoms with Gasteiger partial charge in [0.05, 0.1) is 0 Å².